The van der Waals surface area contributed by atoms with Crippen molar-refractivity contribution >= 4 is 11.4 Å². The standard InChI is InChI=1S/C29H26O3/c30-25(15-11-21-12-18-27-28(19-21)32-20-31-27)16-13-24-14-17-26(22-7-3-1-4-8-22)29(24)23-9-5-2-6-10-23/h1-10,12,14,17-19,29H,11,13,15-16,20H2. The lowest BCUT2D eigenvalue weighted by Crippen LogP contribution is -2.06. The van der Waals surface area contributed by atoms with E-state index in [1.165, 1.54) is 22.3 Å². The lowest BCUT2D eigenvalue weighted by atomic mass is 9.83. The highest BCUT2D eigenvalue weighted by Crippen LogP contribution is 2.43. The zero-order valence-electron chi connectivity index (χ0n) is 18.0. The summed E-state index contributed by atoms with van der Waals surface area (Å²) in [5, 5.41) is 0. The molecule has 3 heteroatoms. The van der Waals surface area contributed by atoms with E-state index < -0.39 is 0 Å². The van der Waals surface area contributed by atoms with Gasteiger partial charge in [0.2, 0.25) is 6.79 Å². The number of ether oxygens (including phenoxy) is 2. The summed E-state index contributed by atoms with van der Waals surface area (Å²) >= 11 is 0. The van der Waals surface area contributed by atoms with Gasteiger partial charge in [-0.1, -0.05) is 84.5 Å². The molecule has 0 saturated carbocycles. The van der Waals surface area contributed by atoms with Crippen LogP contribution in [0.1, 0.15) is 41.9 Å². The highest BCUT2D eigenvalue weighted by molar-refractivity contribution is 5.81. The third kappa shape index (κ3) is 4.38. The van der Waals surface area contributed by atoms with Gasteiger partial charge in [0.1, 0.15) is 5.78 Å². The first-order chi connectivity index (χ1) is 15.8. The molecule has 0 fully saturated rings. The third-order valence-corrected chi connectivity index (χ3v) is 6.22. The summed E-state index contributed by atoms with van der Waals surface area (Å²) in [7, 11) is 0. The second-order valence-corrected chi connectivity index (χ2v) is 8.30. The van der Waals surface area contributed by atoms with Crippen LogP contribution in [0.4, 0.5) is 0 Å². The normalized spacial score (nSPS) is 16.6. The van der Waals surface area contributed by atoms with Gasteiger partial charge in [0.05, 0.1) is 0 Å². The molecule has 3 nitrogen and oxygen atoms in total. The molecule has 0 radical (unpaired) electrons. The van der Waals surface area contributed by atoms with Crippen LogP contribution >= 0.6 is 0 Å². The van der Waals surface area contributed by atoms with Crippen LogP contribution in [0, 0.1) is 0 Å². The van der Waals surface area contributed by atoms with E-state index in [2.05, 4.69) is 60.7 Å². The molecule has 1 aliphatic carbocycles. The molecule has 0 bridgehead atoms. The number of aryl methyl sites for hydroxylation is 1. The Bertz CT molecular complexity index is 1160. The van der Waals surface area contributed by atoms with E-state index >= 15 is 0 Å². The molecule has 0 spiro atoms. The number of rotatable bonds is 8. The van der Waals surface area contributed by atoms with Crippen molar-refractivity contribution in [2.75, 3.05) is 6.79 Å². The van der Waals surface area contributed by atoms with Crippen LogP contribution < -0.4 is 9.47 Å². The summed E-state index contributed by atoms with van der Waals surface area (Å²) in [6.45, 7) is 0.272. The number of hydrogen-bond donors (Lipinski definition) is 0. The molecule has 1 aliphatic heterocycles. The third-order valence-electron chi connectivity index (χ3n) is 6.22. The van der Waals surface area contributed by atoms with Gasteiger partial charge >= 0.3 is 0 Å². The summed E-state index contributed by atoms with van der Waals surface area (Å²) in [5.41, 5.74) is 6.24. The average Bonchev–Trinajstić information content (AvgIpc) is 3.49. The van der Waals surface area contributed by atoms with Gasteiger partial charge in [-0.25, -0.2) is 0 Å². The molecule has 3 aromatic rings. The quantitative estimate of drug-likeness (QED) is 0.415. The van der Waals surface area contributed by atoms with Gasteiger partial charge in [-0.05, 0) is 47.2 Å². The second kappa shape index (κ2) is 9.27. The maximum atomic E-state index is 12.7. The van der Waals surface area contributed by atoms with Gasteiger partial charge in [-0.15, -0.1) is 0 Å². The first-order valence-corrected chi connectivity index (χ1v) is 11.2. The topological polar surface area (TPSA) is 35.5 Å². The number of fused-ring (bicyclic) bond motifs is 1. The molecule has 160 valence electrons. The molecule has 1 heterocycles. The fourth-order valence-electron chi connectivity index (χ4n) is 4.54. The van der Waals surface area contributed by atoms with Crippen LogP contribution in [-0.4, -0.2) is 12.6 Å². The molecular weight excluding hydrogens is 396 g/mol. The van der Waals surface area contributed by atoms with E-state index in [1.807, 2.05) is 30.3 Å². The number of benzene rings is 3. The smallest absolute Gasteiger partial charge is 0.231 e. The van der Waals surface area contributed by atoms with E-state index in [9.17, 15) is 4.79 Å². The van der Waals surface area contributed by atoms with Crippen molar-refractivity contribution in [3.8, 4) is 11.5 Å². The molecule has 1 unspecified atom stereocenters. The summed E-state index contributed by atoms with van der Waals surface area (Å²) < 4.78 is 10.8. The van der Waals surface area contributed by atoms with E-state index in [4.69, 9.17) is 9.47 Å². The minimum Gasteiger partial charge on any atom is -0.454 e. The predicted octanol–water partition coefficient (Wildman–Crippen LogP) is 6.50. The van der Waals surface area contributed by atoms with Crippen molar-refractivity contribution in [3.05, 3.63) is 113 Å². The highest BCUT2D eigenvalue weighted by Gasteiger charge is 2.26. The SMILES string of the molecule is O=C(CCC1=CC=C(c2ccccc2)C1c1ccccc1)CCc1ccc2c(c1)OCO2. The van der Waals surface area contributed by atoms with Crippen LogP contribution in [0.25, 0.3) is 5.57 Å². The molecule has 0 N–H and O–H groups in total. The molecule has 1 atom stereocenters. The van der Waals surface area contributed by atoms with Gasteiger partial charge in [-0.2, -0.15) is 0 Å². The van der Waals surface area contributed by atoms with Crippen LogP contribution in [0.15, 0.2) is 96.6 Å². The Labute approximate surface area is 189 Å². The maximum absolute atomic E-state index is 12.7. The van der Waals surface area contributed by atoms with Crippen molar-refractivity contribution < 1.29 is 14.3 Å². The molecule has 0 aromatic heterocycles. The van der Waals surface area contributed by atoms with Gasteiger partial charge in [0.15, 0.2) is 11.5 Å². The minimum absolute atomic E-state index is 0.209. The molecule has 5 rings (SSSR count). The number of Topliss-reactive ketones (excluding diaryl/α,β-unsaturated/α-hetero) is 1. The zero-order chi connectivity index (χ0) is 21.8. The number of allylic oxidation sites excluding steroid dienone is 4. The van der Waals surface area contributed by atoms with E-state index in [0.29, 0.717) is 18.6 Å². The molecule has 2 aliphatic rings. The van der Waals surface area contributed by atoms with Crippen molar-refractivity contribution in [2.45, 2.75) is 31.6 Å². The largest absolute Gasteiger partial charge is 0.454 e. The maximum Gasteiger partial charge on any atom is 0.231 e. The van der Waals surface area contributed by atoms with Crippen molar-refractivity contribution in [2.24, 2.45) is 0 Å². The second-order valence-electron chi connectivity index (χ2n) is 8.30. The highest BCUT2D eigenvalue weighted by atomic mass is 16.7. The summed E-state index contributed by atoms with van der Waals surface area (Å²) in [6.07, 6.45) is 7.05. The van der Waals surface area contributed by atoms with E-state index in [1.54, 1.807) is 0 Å². The van der Waals surface area contributed by atoms with Gasteiger partial charge in [0.25, 0.3) is 0 Å². The van der Waals surface area contributed by atoms with E-state index in [-0.39, 0.29) is 12.7 Å². The van der Waals surface area contributed by atoms with Crippen LogP contribution in [0.3, 0.4) is 0 Å². The Morgan fingerprint density at radius 2 is 1.50 bits per heavy atom. The summed E-state index contributed by atoms with van der Waals surface area (Å²) in [6, 6.07) is 27.0. The Hall–Kier alpha value is -3.59. The lowest BCUT2D eigenvalue weighted by Gasteiger charge is -2.20. The monoisotopic (exact) mass is 422 g/mol. The van der Waals surface area contributed by atoms with Crippen molar-refractivity contribution in [1.82, 2.24) is 0 Å². The number of carbonyl (C=O) groups excluding carboxylic acids is 1. The van der Waals surface area contributed by atoms with Gasteiger partial charge in [0, 0.05) is 18.8 Å². The Balaban J connectivity index is 1.23. The fourth-order valence-corrected chi connectivity index (χ4v) is 4.54. The first kappa shape index (κ1) is 20.3. The Morgan fingerprint density at radius 3 is 2.31 bits per heavy atom. The molecule has 3 aromatic carbocycles. The van der Waals surface area contributed by atoms with Crippen LogP contribution in [0.2, 0.25) is 0 Å². The average molecular weight is 423 g/mol. The van der Waals surface area contributed by atoms with Crippen molar-refractivity contribution in [1.29, 1.82) is 0 Å². The number of hydrogen-bond acceptors (Lipinski definition) is 3. The van der Waals surface area contributed by atoms with Crippen LogP contribution in [-0.2, 0) is 11.2 Å². The molecular formula is C29H26O3. The molecule has 0 saturated heterocycles. The van der Waals surface area contributed by atoms with Crippen molar-refractivity contribution in [3.63, 3.8) is 0 Å². The Kier molecular flexibility index (Phi) is 5.89. The van der Waals surface area contributed by atoms with Crippen LogP contribution in [0.5, 0.6) is 11.5 Å². The van der Waals surface area contributed by atoms with E-state index in [0.717, 1.165) is 29.9 Å². The molecule has 32 heavy (non-hydrogen) atoms. The number of carbonyl (C=O) groups is 1. The fraction of sp³-hybridized carbons (Fsp3) is 0.207. The lowest BCUT2D eigenvalue weighted by molar-refractivity contribution is -0.119. The van der Waals surface area contributed by atoms with Gasteiger partial charge < -0.3 is 9.47 Å². The minimum atomic E-state index is 0.209. The molecule has 0 amide bonds. The zero-order valence-corrected chi connectivity index (χ0v) is 18.0. The first-order valence-electron chi connectivity index (χ1n) is 11.2. The summed E-state index contributed by atoms with van der Waals surface area (Å²) in [5.74, 6) is 2.06. The number of ketones is 1. The predicted molar refractivity (Wildman–Crippen MR) is 127 cm³/mol. The van der Waals surface area contributed by atoms with Gasteiger partial charge in [-0.3, -0.25) is 4.79 Å². The Morgan fingerprint density at radius 1 is 0.781 bits per heavy atom. The summed E-state index contributed by atoms with van der Waals surface area (Å²) in [4.78, 5) is 12.7.